The second-order valence-corrected chi connectivity index (χ2v) is 6.31. The molecule has 0 amide bonds. The van der Waals surface area contributed by atoms with Crippen LogP contribution in [0.15, 0.2) is 12.1 Å². The van der Waals surface area contributed by atoms with E-state index in [4.69, 9.17) is 10.5 Å². The summed E-state index contributed by atoms with van der Waals surface area (Å²) in [6.45, 7) is 6.46. The number of nitrogens with two attached hydrogens (primary N) is 1. The number of hydrogen-bond acceptors (Lipinski definition) is 2. The molecule has 1 unspecified atom stereocenters. The predicted molar refractivity (Wildman–Crippen MR) is 85.4 cm³/mol. The molecule has 1 fully saturated rings. The Morgan fingerprint density at radius 3 is 2.30 bits per heavy atom. The van der Waals surface area contributed by atoms with Crippen molar-refractivity contribution in [1.29, 1.82) is 0 Å². The fourth-order valence-corrected chi connectivity index (χ4v) is 3.14. The lowest BCUT2D eigenvalue weighted by Gasteiger charge is -2.25. The van der Waals surface area contributed by atoms with Gasteiger partial charge in [-0.3, -0.25) is 0 Å². The van der Waals surface area contributed by atoms with Crippen molar-refractivity contribution >= 4 is 0 Å². The minimum Gasteiger partial charge on any atom is -0.490 e. The Labute approximate surface area is 123 Å². The van der Waals surface area contributed by atoms with Crippen molar-refractivity contribution in [2.24, 2.45) is 5.73 Å². The third kappa shape index (κ3) is 3.99. The van der Waals surface area contributed by atoms with E-state index in [0.717, 1.165) is 18.6 Å². The van der Waals surface area contributed by atoms with Gasteiger partial charge in [-0.15, -0.1) is 0 Å². The molecule has 0 radical (unpaired) electrons. The number of aryl methyl sites for hydroxylation is 2. The van der Waals surface area contributed by atoms with Crippen LogP contribution in [0.25, 0.3) is 0 Å². The number of rotatable bonds is 5. The molecule has 0 heterocycles. The average molecular weight is 275 g/mol. The van der Waals surface area contributed by atoms with Crippen LogP contribution in [0.3, 0.4) is 0 Å². The van der Waals surface area contributed by atoms with Crippen LogP contribution < -0.4 is 10.5 Å². The van der Waals surface area contributed by atoms with E-state index in [1.54, 1.807) is 0 Å². The maximum absolute atomic E-state index is 6.27. The smallest absolute Gasteiger partial charge is 0.125 e. The van der Waals surface area contributed by atoms with Crippen LogP contribution in [0.1, 0.15) is 62.1 Å². The topological polar surface area (TPSA) is 35.2 Å². The fraction of sp³-hybridized carbons (Fsp3) is 0.667. The first-order valence-corrected chi connectivity index (χ1v) is 8.12. The Morgan fingerprint density at radius 2 is 1.75 bits per heavy atom. The molecule has 0 aliphatic heterocycles. The second kappa shape index (κ2) is 7.12. The number of hydrogen-bond donors (Lipinski definition) is 1. The van der Waals surface area contributed by atoms with Gasteiger partial charge in [0, 0.05) is 6.04 Å². The molecule has 2 heteroatoms. The minimum atomic E-state index is 0.263. The Bertz CT molecular complexity index is 412. The molecule has 0 spiro atoms. The molecule has 112 valence electrons. The van der Waals surface area contributed by atoms with Gasteiger partial charge in [-0.05, 0) is 69.1 Å². The van der Waals surface area contributed by atoms with Gasteiger partial charge in [-0.1, -0.05) is 25.5 Å². The van der Waals surface area contributed by atoms with Gasteiger partial charge in [0.15, 0.2) is 0 Å². The summed E-state index contributed by atoms with van der Waals surface area (Å²) in [5, 5.41) is 0. The van der Waals surface area contributed by atoms with E-state index in [9.17, 15) is 0 Å². The van der Waals surface area contributed by atoms with Crippen molar-refractivity contribution < 1.29 is 4.74 Å². The Balaban J connectivity index is 2.09. The van der Waals surface area contributed by atoms with E-state index in [1.165, 1.54) is 48.8 Å². The first-order chi connectivity index (χ1) is 9.60. The molecule has 2 N–H and O–H groups in total. The molecule has 0 saturated heterocycles. The normalized spacial score (nSPS) is 18.0. The van der Waals surface area contributed by atoms with Crippen LogP contribution in [-0.4, -0.2) is 12.1 Å². The van der Waals surface area contributed by atoms with Gasteiger partial charge in [-0.25, -0.2) is 0 Å². The van der Waals surface area contributed by atoms with Crippen molar-refractivity contribution in [3.63, 3.8) is 0 Å². The zero-order valence-corrected chi connectivity index (χ0v) is 13.2. The zero-order valence-electron chi connectivity index (χ0n) is 13.2. The number of ether oxygens (including phenoxy) is 1. The molecule has 1 aromatic carbocycles. The van der Waals surface area contributed by atoms with Crippen LogP contribution in [0.4, 0.5) is 0 Å². The molecule has 0 bridgehead atoms. The Kier molecular flexibility index (Phi) is 5.47. The summed E-state index contributed by atoms with van der Waals surface area (Å²) in [6.07, 6.45) is 8.82. The number of benzene rings is 1. The van der Waals surface area contributed by atoms with E-state index in [2.05, 4.69) is 32.9 Å². The molecular weight excluding hydrogens is 246 g/mol. The molecule has 1 saturated carbocycles. The summed E-state index contributed by atoms with van der Waals surface area (Å²) in [5.74, 6) is 1.10. The lowest BCUT2D eigenvalue weighted by atomic mass is 9.96. The quantitative estimate of drug-likeness (QED) is 0.869. The maximum atomic E-state index is 6.27. The maximum Gasteiger partial charge on any atom is 0.125 e. The van der Waals surface area contributed by atoms with Gasteiger partial charge < -0.3 is 10.5 Å². The van der Waals surface area contributed by atoms with Gasteiger partial charge in [0.25, 0.3) is 0 Å². The largest absolute Gasteiger partial charge is 0.490 e. The second-order valence-electron chi connectivity index (χ2n) is 6.31. The highest BCUT2D eigenvalue weighted by Crippen LogP contribution is 2.30. The summed E-state index contributed by atoms with van der Waals surface area (Å²) >= 11 is 0. The van der Waals surface area contributed by atoms with E-state index in [0.29, 0.717) is 6.10 Å². The van der Waals surface area contributed by atoms with Crippen LogP contribution in [0.2, 0.25) is 0 Å². The first-order valence-electron chi connectivity index (χ1n) is 8.12. The van der Waals surface area contributed by atoms with Crippen molar-refractivity contribution in [2.45, 2.75) is 77.9 Å². The Hall–Kier alpha value is -1.02. The Morgan fingerprint density at radius 1 is 1.15 bits per heavy atom. The molecule has 1 aliphatic rings. The standard InChI is InChI=1S/C18H29NO/c1-4-16(19)12-15-10-13(2)18(14(3)11-15)20-17-8-6-5-7-9-17/h10-11,16-17H,4-9,12,19H2,1-3H3. The van der Waals surface area contributed by atoms with Crippen LogP contribution >= 0.6 is 0 Å². The molecule has 2 rings (SSSR count). The monoisotopic (exact) mass is 275 g/mol. The highest BCUT2D eigenvalue weighted by atomic mass is 16.5. The van der Waals surface area contributed by atoms with E-state index < -0.39 is 0 Å². The van der Waals surface area contributed by atoms with Gasteiger partial charge in [0.2, 0.25) is 0 Å². The molecule has 1 atom stereocenters. The summed E-state index contributed by atoms with van der Waals surface area (Å²) in [5.41, 5.74) is 9.92. The minimum absolute atomic E-state index is 0.263. The SMILES string of the molecule is CCC(N)Cc1cc(C)c(OC2CCCCC2)c(C)c1. The van der Waals surface area contributed by atoms with Crippen LogP contribution in [0, 0.1) is 13.8 Å². The van der Waals surface area contributed by atoms with Gasteiger partial charge in [-0.2, -0.15) is 0 Å². The van der Waals surface area contributed by atoms with Crippen molar-refractivity contribution in [2.75, 3.05) is 0 Å². The highest BCUT2D eigenvalue weighted by molar-refractivity contribution is 5.43. The van der Waals surface area contributed by atoms with Gasteiger partial charge in [0.05, 0.1) is 6.10 Å². The third-order valence-electron chi connectivity index (χ3n) is 4.38. The summed E-state index contributed by atoms with van der Waals surface area (Å²) in [4.78, 5) is 0. The first kappa shape index (κ1) is 15.4. The highest BCUT2D eigenvalue weighted by Gasteiger charge is 2.17. The van der Waals surface area contributed by atoms with Crippen molar-refractivity contribution in [1.82, 2.24) is 0 Å². The molecule has 20 heavy (non-hydrogen) atoms. The van der Waals surface area contributed by atoms with Gasteiger partial charge >= 0.3 is 0 Å². The third-order valence-corrected chi connectivity index (χ3v) is 4.38. The lowest BCUT2D eigenvalue weighted by Crippen LogP contribution is -2.22. The van der Waals surface area contributed by atoms with E-state index in [-0.39, 0.29) is 6.04 Å². The fourth-order valence-electron chi connectivity index (χ4n) is 3.14. The molecule has 2 nitrogen and oxygen atoms in total. The van der Waals surface area contributed by atoms with E-state index >= 15 is 0 Å². The molecule has 1 aromatic rings. The van der Waals surface area contributed by atoms with Gasteiger partial charge in [0.1, 0.15) is 5.75 Å². The lowest BCUT2D eigenvalue weighted by molar-refractivity contribution is 0.153. The molecule has 1 aliphatic carbocycles. The van der Waals surface area contributed by atoms with Crippen molar-refractivity contribution in [3.8, 4) is 5.75 Å². The van der Waals surface area contributed by atoms with E-state index in [1.807, 2.05) is 0 Å². The van der Waals surface area contributed by atoms with Crippen LogP contribution in [0.5, 0.6) is 5.75 Å². The van der Waals surface area contributed by atoms with Crippen molar-refractivity contribution in [3.05, 3.63) is 28.8 Å². The summed E-state index contributed by atoms with van der Waals surface area (Å²) < 4.78 is 6.27. The average Bonchev–Trinajstić information content (AvgIpc) is 2.44. The summed E-state index contributed by atoms with van der Waals surface area (Å²) in [7, 11) is 0. The summed E-state index contributed by atoms with van der Waals surface area (Å²) in [6, 6.07) is 4.76. The zero-order chi connectivity index (χ0) is 14.5. The predicted octanol–water partition coefficient (Wildman–Crippen LogP) is 4.29. The molecule has 0 aromatic heterocycles. The molecular formula is C18H29NO. The van der Waals surface area contributed by atoms with Crippen LogP contribution in [-0.2, 0) is 6.42 Å².